The highest BCUT2D eigenvalue weighted by Gasteiger charge is 2.33. The number of rotatable bonds is 7. The number of halogens is 2. The molecule has 0 spiro atoms. The molecule has 3 heterocycles. The van der Waals surface area contributed by atoms with Gasteiger partial charge in [0.05, 0.1) is 11.3 Å². The number of hydrogen-bond acceptors (Lipinski definition) is 4. The van der Waals surface area contributed by atoms with E-state index in [-0.39, 0.29) is 17.8 Å². The van der Waals surface area contributed by atoms with Crippen molar-refractivity contribution in [2.45, 2.75) is 38.8 Å². The highest BCUT2D eigenvalue weighted by Crippen LogP contribution is 2.30. The standard InChI is InChI=1S/C25H30ClFN4OS/c1-17-21(24(26)30(3)28-17)15-31-11-8-18(9-12-31)23(14-19-6-4-5-7-22(19)27)29(2)25(32)20-10-13-33-16-20/h4-7,10,13,16,18,23H,8-9,11-12,14-15H2,1-3H3/t23-/m0/s1. The number of carbonyl (C=O) groups excluding carboxylic acids is 1. The first-order chi connectivity index (χ1) is 15.8. The molecule has 0 saturated carbocycles. The molecule has 0 unspecified atom stereocenters. The number of benzene rings is 1. The highest BCUT2D eigenvalue weighted by molar-refractivity contribution is 7.08. The van der Waals surface area contributed by atoms with Gasteiger partial charge in [-0.05, 0) is 68.3 Å². The zero-order valence-corrected chi connectivity index (χ0v) is 20.9. The van der Waals surface area contributed by atoms with Crippen LogP contribution in [0.5, 0.6) is 0 Å². The van der Waals surface area contributed by atoms with Gasteiger partial charge in [-0.1, -0.05) is 29.8 Å². The van der Waals surface area contributed by atoms with Crippen molar-refractivity contribution in [3.8, 4) is 0 Å². The van der Waals surface area contributed by atoms with Crippen molar-refractivity contribution in [1.82, 2.24) is 19.6 Å². The van der Waals surface area contributed by atoms with Gasteiger partial charge in [0.15, 0.2) is 0 Å². The topological polar surface area (TPSA) is 41.4 Å². The summed E-state index contributed by atoms with van der Waals surface area (Å²) in [5, 5.41) is 8.90. The van der Waals surface area contributed by atoms with E-state index in [9.17, 15) is 9.18 Å². The van der Waals surface area contributed by atoms with Crippen LogP contribution in [-0.4, -0.2) is 51.7 Å². The van der Waals surface area contributed by atoms with Crippen LogP contribution in [-0.2, 0) is 20.0 Å². The van der Waals surface area contributed by atoms with E-state index < -0.39 is 0 Å². The summed E-state index contributed by atoms with van der Waals surface area (Å²) in [4.78, 5) is 17.4. The number of amides is 1. The SMILES string of the molecule is Cc1nn(C)c(Cl)c1CN1CCC([C@H](Cc2ccccc2F)N(C)C(=O)c2ccsc2)CC1. The minimum absolute atomic E-state index is 0.00205. The van der Waals surface area contributed by atoms with Crippen molar-refractivity contribution in [3.63, 3.8) is 0 Å². The summed E-state index contributed by atoms with van der Waals surface area (Å²) >= 11 is 7.95. The van der Waals surface area contributed by atoms with E-state index in [0.717, 1.165) is 43.7 Å². The fourth-order valence-electron chi connectivity index (χ4n) is 4.82. The Labute approximate surface area is 203 Å². The van der Waals surface area contributed by atoms with Gasteiger partial charge in [0.2, 0.25) is 0 Å². The molecule has 1 amide bonds. The predicted octanol–water partition coefficient (Wildman–Crippen LogP) is 5.18. The first kappa shape index (κ1) is 23.9. The van der Waals surface area contributed by atoms with Crippen LogP contribution in [0, 0.1) is 18.7 Å². The lowest BCUT2D eigenvalue weighted by atomic mass is 9.84. The first-order valence-corrected chi connectivity index (χ1v) is 12.6. The van der Waals surface area contributed by atoms with Gasteiger partial charge in [-0.2, -0.15) is 16.4 Å². The number of carbonyl (C=O) groups is 1. The Kier molecular flexibility index (Phi) is 7.51. The molecule has 4 rings (SSSR count). The molecular formula is C25H30ClFN4OS. The van der Waals surface area contributed by atoms with Crippen molar-refractivity contribution in [3.05, 3.63) is 74.4 Å². The largest absolute Gasteiger partial charge is 0.338 e. The Balaban J connectivity index is 1.49. The molecule has 1 aliphatic rings. The molecule has 1 fully saturated rings. The molecule has 2 aromatic heterocycles. The quantitative estimate of drug-likeness (QED) is 0.460. The fourth-order valence-corrected chi connectivity index (χ4v) is 5.69. The van der Waals surface area contributed by atoms with Crippen molar-refractivity contribution in [2.75, 3.05) is 20.1 Å². The van der Waals surface area contributed by atoms with Crippen LogP contribution in [0.1, 0.15) is 40.0 Å². The molecule has 1 aliphatic heterocycles. The number of likely N-dealkylation sites (tertiary alicyclic amines) is 1. The molecule has 176 valence electrons. The molecule has 1 aromatic carbocycles. The van der Waals surface area contributed by atoms with E-state index >= 15 is 0 Å². The Morgan fingerprint density at radius 1 is 1.30 bits per heavy atom. The number of piperidine rings is 1. The van der Waals surface area contributed by atoms with Crippen LogP contribution >= 0.6 is 22.9 Å². The van der Waals surface area contributed by atoms with Crippen molar-refractivity contribution in [1.29, 1.82) is 0 Å². The minimum Gasteiger partial charge on any atom is -0.338 e. The summed E-state index contributed by atoms with van der Waals surface area (Å²) in [5.74, 6) is 0.0784. The van der Waals surface area contributed by atoms with Crippen LogP contribution in [0.15, 0.2) is 41.1 Å². The second-order valence-electron chi connectivity index (χ2n) is 8.88. The minimum atomic E-state index is -0.210. The third-order valence-corrected chi connectivity index (χ3v) is 7.96. The second kappa shape index (κ2) is 10.4. The first-order valence-electron chi connectivity index (χ1n) is 11.3. The third-order valence-electron chi connectivity index (χ3n) is 6.80. The van der Waals surface area contributed by atoms with Gasteiger partial charge < -0.3 is 4.90 Å². The molecule has 0 N–H and O–H groups in total. The summed E-state index contributed by atoms with van der Waals surface area (Å²) < 4.78 is 16.2. The zero-order chi connectivity index (χ0) is 23.5. The van der Waals surface area contributed by atoms with Gasteiger partial charge in [-0.15, -0.1) is 0 Å². The molecular weight excluding hydrogens is 459 g/mol. The smallest absolute Gasteiger partial charge is 0.254 e. The maximum absolute atomic E-state index is 14.5. The van der Waals surface area contributed by atoms with E-state index in [1.54, 1.807) is 10.7 Å². The lowest BCUT2D eigenvalue weighted by Gasteiger charge is -2.40. The average molecular weight is 489 g/mol. The Morgan fingerprint density at radius 2 is 2.03 bits per heavy atom. The highest BCUT2D eigenvalue weighted by atomic mass is 35.5. The summed E-state index contributed by atoms with van der Waals surface area (Å²) in [6.45, 7) is 4.57. The molecule has 1 saturated heterocycles. The zero-order valence-electron chi connectivity index (χ0n) is 19.3. The third kappa shape index (κ3) is 5.31. The summed E-state index contributed by atoms with van der Waals surface area (Å²) in [5.41, 5.74) is 3.39. The fraction of sp³-hybridized carbons (Fsp3) is 0.440. The second-order valence-corrected chi connectivity index (χ2v) is 10.0. The Bertz CT molecular complexity index is 1090. The van der Waals surface area contributed by atoms with Gasteiger partial charge in [-0.25, -0.2) is 4.39 Å². The molecule has 0 aliphatic carbocycles. The molecule has 3 aromatic rings. The normalized spacial score (nSPS) is 16.2. The Morgan fingerprint density at radius 3 is 2.64 bits per heavy atom. The van der Waals surface area contributed by atoms with Gasteiger partial charge in [0, 0.05) is 37.6 Å². The maximum Gasteiger partial charge on any atom is 0.254 e. The molecule has 33 heavy (non-hydrogen) atoms. The summed E-state index contributed by atoms with van der Waals surface area (Å²) in [6.07, 6.45) is 2.39. The van der Waals surface area contributed by atoms with Gasteiger partial charge in [0.25, 0.3) is 5.91 Å². The number of nitrogens with zero attached hydrogens (tertiary/aromatic N) is 4. The van der Waals surface area contributed by atoms with Crippen molar-refractivity contribution >= 4 is 28.8 Å². The van der Waals surface area contributed by atoms with Crippen LogP contribution in [0.3, 0.4) is 0 Å². The molecule has 5 nitrogen and oxygen atoms in total. The molecule has 0 bridgehead atoms. The van der Waals surface area contributed by atoms with Gasteiger partial charge in [-0.3, -0.25) is 14.4 Å². The summed E-state index contributed by atoms with van der Waals surface area (Å²) in [6, 6.07) is 8.67. The predicted molar refractivity (Wildman–Crippen MR) is 131 cm³/mol. The lowest BCUT2D eigenvalue weighted by molar-refractivity contribution is 0.0583. The number of aromatic nitrogens is 2. The number of likely N-dealkylation sites (N-methyl/N-ethyl adjacent to an activating group) is 1. The van der Waals surface area contributed by atoms with E-state index in [1.165, 1.54) is 17.4 Å². The Hall–Kier alpha value is -2.22. The van der Waals surface area contributed by atoms with Crippen molar-refractivity contribution in [2.24, 2.45) is 13.0 Å². The average Bonchev–Trinajstić information content (AvgIpc) is 3.43. The monoisotopic (exact) mass is 488 g/mol. The van der Waals surface area contributed by atoms with E-state index in [4.69, 9.17) is 11.6 Å². The van der Waals surface area contributed by atoms with Crippen LogP contribution in [0.25, 0.3) is 0 Å². The number of thiophene rings is 1. The van der Waals surface area contributed by atoms with Crippen LogP contribution in [0.4, 0.5) is 4.39 Å². The van der Waals surface area contributed by atoms with Crippen LogP contribution < -0.4 is 0 Å². The summed E-state index contributed by atoms with van der Waals surface area (Å²) in [7, 11) is 3.72. The molecule has 0 radical (unpaired) electrons. The van der Waals surface area contributed by atoms with E-state index in [2.05, 4.69) is 10.00 Å². The van der Waals surface area contributed by atoms with Gasteiger partial charge in [0.1, 0.15) is 11.0 Å². The van der Waals surface area contributed by atoms with Crippen LogP contribution in [0.2, 0.25) is 5.15 Å². The number of aryl methyl sites for hydroxylation is 2. The molecule has 1 atom stereocenters. The van der Waals surface area contributed by atoms with Gasteiger partial charge >= 0.3 is 0 Å². The maximum atomic E-state index is 14.5. The van der Waals surface area contributed by atoms with Crippen molar-refractivity contribution < 1.29 is 9.18 Å². The lowest BCUT2D eigenvalue weighted by Crippen LogP contribution is -2.47. The molecule has 8 heteroatoms. The van der Waals surface area contributed by atoms with E-state index in [0.29, 0.717) is 28.6 Å². The number of hydrogen-bond donors (Lipinski definition) is 0. The van der Waals surface area contributed by atoms with E-state index in [1.807, 2.05) is 54.9 Å².